The summed E-state index contributed by atoms with van der Waals surface area (Å²) in [4.78, 5) is 24.3. The molecule has 0 spiro atoms. The van der Waals surface area contributed by atoms with Gasteiger partial charge in [-0.1, -0.05) is 0 Å². The summed E-state index contributed by atoms with van der Waals surface area (Å²) in [5, 5.41) is 0. The molecule has 0 N–H and O–H groups in total. The highest BCUT2D eigenvalue weighted by Crippen LogP contribution is 2.30. The summed E-state index contributed by atoms with van der Waals surface area (Å²) in [6, 6.07) is -0.0105. The smallest absolute Gasteiger partial charge is 0.410 e. The Morgan fingerprint density at radius 3 is 3.07 bits per heavy atom. The number of cyclic esters (lactones) is 1. The molecule has 5 nitrogen and oxygen atoms in total. The number of carbonyl (C=O) groups excluding carboxylic acids is 2. The van der Waals surface area contributed by atoms with Gasteiger partial charge < -0.3 is 14.4 Å². The van der Waals surface area contributed by atoms with Crippen molar-refractivity contribution >= 4 is 12.1 Å². The molecule has 0 saturated carbocycles. The molecule has 1 amide bonds. The summed E-state index contributed by atoms with van der Waals surface area (Å²) in [7, 11) is 1.38. The number of ether oxygens (including phenoxy) is 2. The van der Waals surface area contributed by atoms with Gasteiger partial charge in [0.05, 0.1) is 25.7 Å². The largest absolute Gasteiger partial charge is 0.469 e. The second-order valence-electron chi connectivity index (χ2n) is 3.58. The fourth-order valence-electron chi connectivity index (χ4n) is 2.21. The molecule has 0 aromatic rings. The fourth-order valence-corrected chi connectivity index (χ4v) is 2.21. The zero-order valence-corrected chi connectivity index (χ0v) is 8.06. The first-order valence-electron chi connectivity index (χ1n) is 4.75. The third kappa shape index (κ3) is 1.32. The lowest BCUT2D eigenvalue weighted by molar-refractivity contribution is -0.146. The molecule has 14 heavy (non-hydrogen) atoms. The summed E-state index contributed by atoms with van der Waals surface area (Å²) in [5.74, 6) is -0.375. The average Bonchev–Trinajstić information content (AvgIpc) is 2.62. The highest BCUT2D eigenvalue weighted by Gasteiger charge is 2.44. The molecule has 5 heteroatoms. The van der Waals surface area contributed by atoms with Crippen molar-refractivity contribution in [1.82, 2.24) is 4.90 Å². The van der Waals surface area contributed by atoms with E-state index >= 15 is 0 Å². The highest BCUT2D eigenvalue weighted by atomic mass is 16.6. The van der Waals surface area contributed by atoms with Crippen LogP contribution in [0.1, 0.15) is 12.8 Å². The van der Waals surface area contributed by atoms with Crippen LogP contribution in [-0.2, 0) is 14.3 Å². The van der Waals surface area contributed by atoms with Gasteiger partial charge in [0, 0.05) is 13.0 Å². The van der Waals surface area contributed by atoms with Gasteiger partial charge in [0.25, 0.3) is 0 Å². The van der Waals surface area contributed by atoms with Gasteiger partial charge in [0.15, 0.2) is 0 Å². The summed E-state index contributed by atoms with van der Waals surface area (Å²) in [6.07, 6.45) is 1.12. The third-order valence-corrected chi connectivity index (χ3v) is 2.92. The zero-order chi connectivity index (χ0) is 10.1. The Morgan fingerprint density at radius 2 is 2.36 bits per heavy atom. The van der Waals surface area contributed by atoms with E-state index in [9.17, 15) is 9.59 Å². The van der Waals surface area contributed by atoms with Gasteiger partial charge in [-0.25, -0.2) is 4.79 Å². The maximum Gasteiger partial charge on any atom is 0.410 e. The molecule has 2 saturated heterocycles. The van der Waals surface area contributed by atoms with Crippen LogP contribution in [-0.4, -0.2) is 43.3 Å². The maximum atomic E-state index is 11.4. The van der Waals surface area contributed by atoms with Crippen molar-refractivity contribution in [2.45, 2.75) is 18.9 Å². The molecule has 0 aromatic carbocycles. The Kier molecular flexibility index (Phi) is 2.31. The van der Waals surface area contributed by atoms with Crippen LogP contribution in [0.25, 0.3) is 0 Å². The Morgan fingerprint density at radius 1 is 1.57 bits per heavy atom. The molecule has 0 bridgehead atoms. The molecule has 2 fully saturated rings. The molecule has 2 atom stereocenters. The van der Waals surface area contributed by atoms with E-state index in [1.165, 1.54) is 7.11 Å². The Hall–Kier alpha value is -1.26. The average molecular weight is 199 g/mol. The predicted molar refractivity (Wildman–Crippen MR) is 46.6 cm³/mol. The van der Waals surface area contributed by atoms with Crippen LogP contribution >= 0.6 is 0 Å². The second-order valence-corrected chi connectivity index (χ2v) is 3.58. The first-order valence-corrected chi connectivity index (χ1v) is 4.75. The van der Waals surface area contributed by atoms with Crippen LogP contribution in [0.5, 0.6) is 0 Å². The summed E-state index contributed by atoms with van der Waals surface area (Å²) >= 11 is 0. The Bertz CT molecular complexity index is 266. The van der Waals surface area contributed by atoms with E-state index < -0.39 is 0 Å². The van der Waals surface area contributed by atoms with E-state index in [1.54, 1.807) is 4.90 Å². The molecule has 2 aliphatic heterocycles. The molecular formula is C9H13NO4. The third-order valence-electron chi connectivity index (χ3n) is 2.92. The quantitative estimate of drug-likeness (QED) is 0.573. The SMILES string of the molecule is COC(=O)[C@@H]1CCN2C(=O)OCC[C@H]12. The van der Waals surface area contributed by atoms with Crippen molar-refractivity contribution in [2.75, 3.05) is 20.3 Å². The number of methoxy groups -OCH3 is 1. The van der Waals surface area contributed by atoms with Crippen molar-refractivity contribution in [3.05, 3.63) is 0 Å². The minimum absolute atomic E-state index is 0.0105. The first kappa shape index (κ1) is 9.30. The molecule has 0 aliphatic carbocycles. The van der Waals surface area contributed by atoms with Gasteiger partial charge >= 0.3 is 12.1 Å². The number of hydrogen-bond donors (Lipinski definition) is 0. The molecule has 0 aromatic heterocycles. The van der Waals surface area contributed by atoms with Gasteiger partial charge in [-0.05, 0) is 6.42 Å². The van der Waals surface area contributed by atoms with E-state index in [0.717, 1.165) is 6.42 Å². The molecule has 0 unspecified atom stereocenters. The van der Waals surface area contributed by atoms with Crippen LogP contribution in [0.15, 0.2) is 0 Å². The van der Waals surface area contributed by atoms with Gasteiger partial charge in [-0.15, -0.1) is 0 Å². The van der Waals surface area contributed by atoms with E-state index in [0.29, 0.717) is 19.6 Å². The number of amides is 1. The van der Waals surface area contributed by atoms with E-state index in [1.807, 2.05) is 0 Å². The van der Waals surface area contributed by atoms with Crippen molar-refractivity contribution in [2.24, 2.45) is 5.92 Å². The minimum atomic E-state index is -0.298. The molecule has 2 heterocycles. The minimum Gasteiger partial charge on any atom is -0.469 e. The number of nitrogens with zero attached hydrogens (tertiary/aromatic N) is 1. The lowest BCUT2D eigenvalue weighted by atomic mass is 9.98. The monoisotopic (exact) mass is 199 g/mol. The Balaban J connectivity index is 2.10. The van der Waals surface area contributed by atoms with Crippen LogP contribution in [0, 0.1) is 5.92 Å². The summed E-state index contributed by atoms with van der Waals surface area (Å²) in [6.45, 7) is 1.01. The van der Waals surface area contributed by atoms with Crippen molar-refractivity contribution < 1.29 is 19.1 Å². The standard InChI is InChI=1S/C9H13NO4/c1-13-8(11)6-2-4-10-7(6)3-5-14-9(10)12/h6-7H,2-5H2,1H3/t6-,7-/m1/s1. The van der Waals surface area contributed by atoms with E-state index in [4.69, 9.17) is 9.47 Å². The maximum absolute atomic E-state index is 11.4. The van der Waals surface area contributed by atoms with Gasteiger partial charge in [0.2, 0.25) is 0 Å². The van der Waals surface area contributed by atoms with Crippen molar-refractivity contribution in [3.63, 3.8) is 0 Å². The predicted octanol–water partition coefficient (Wildman–Crippen LogP) is 0.390. The lowest BCUT2D eigenvalue weighted by Crippen LogP contribution is -2.45. The number of hydrogen-bond acceptors (Lipinski definition) is 4. The van der Waals surface area contributed by atoms with E-state index in [2.05, 4.69) is 0 Å². The number of esters is 1. The van der Waals surface area contributed by atoms with Crippen LogP contribution in [0.4, 0.5) is 4.79 Å². The lowest BCUT2D eigenvalue weighted by Gasteiger charge is -2.30. The summed E-state index contributed by atoms with van der Waals surface area (Å²) < 4.78 is 9.59. The molecule has 2 rings (SSSR count). The topological polar surface area (TPSA) is 55.8 Å². The molecule has 2 aliphatic rings. The summed E-state index contributed by atoms with van der Waals surface area (Å²) in [5.41, 5.74) is 0. The second kappa shape index (κ2) is 3.48. The first-order chi connectivity index (χ1) is 6.74. The fraction of sp³-hybridized carbons (Fsp3) is 0.778. The normalized spacial score (nSPS) is 30.9. The number of fused-ring (bicyclic) bond motifs is 1. The van der Waals surface area contributed by atoms with E-state index in [-0.39, 0.29) is 24.0 Å². The zero-order valence-electron chi connectivity index (χ0n) is 8.06. The van der Waals surface area contributed by atoms with Crippen molar-refractivity contribution in [1.29, 1.82) is 0 Å². The van der Waals surface area contributed by atoms with Crippen LogP contribution in [0.3, 0.4) is 0 Å². The van der Waals surface area contributed by atoms with Crippen LogP contribution < -0.4 is 0 Å². The Labute approximate surface area is 82.0 Å². The van der Waals surface area contributed by atoms with Gasteiger partial charge in [-0.3, -0.25) is 4.79 Å². The van der Waals surface area contributed by atoms with Gasteiger partial charge in [-0.2, -0.15) is 0 Å². The highest BCUT2D eigenvalue weighted by molar-refractivity contribution is 5.77. The van der Waals surface area contributed by atoms with Crippen molar-refractivity contribution in [3.8, 4) is 0 Å². The number of carbonyl (C=O) groups is 2. The number of rotatable bonds is 1. The van der Waals surface area contributed by atoms with Crippen LogP contribution in [0.2, 0.25) is 0 Å². The molecule has 78 valence electrons. The van der Waals surface area contributed by atoms with Gasteiger partial charge in [0.1, 0.15) is 0 Å². The molecular weight excluding hydrogens is 186 g/mol. The molecule has 0 radical (unpaired) electrons.